The molecule has 32 heavy (non-hydrogen) atoms. The van der Waals surface area contributed by atoms with Crippen LogP contribution >= 0.6 is 0 Å². The Hall–Kier alpha value is -4.21. The van der Waals surface area contributed by atoms with Gasteiger partial charge in [0.05, 0.1) is 22.1 Å². The zero-order valence-corrected chi connectivity index (χ0v) is 18.2. The van der Waals surface area contributed by atoms with E-state index in [2.05, 4.69) is 35.8 Å². The van der Waals surface area contributed by atoms with Gasteiger partial charge in [0.25, 0.3) is 0 Å². The number of carbonyl (C=O) groups excluding carboxylic acids is 1. The predicted octanol–water partition coefficient (Wildman–Crippen LogP) is 2.61. The number of fused-ring (bicyclic) bond motifs is 2. The first-order chi connectivity index (χ1) is 15.1. The summed E-state index contributed by atoms with van der Waals surface area (Å²) in [7, 11) is 1.85. The minimum atomic E-state index is -0.498. The molecule has 1 aromatic carbocycles. The van der Waals surface area contributed by atoms with E-state index in [-0.39, 0.29) is 5.54 Å². The number of nitrogens with two attached hydrogens (primary N) is 2. The van der Waals surface area contributed by atoms with Crippen LogP contribution in [0.25, 0.3) is 39.1 Å². The first-order valence-corrected chi connectivity index (χ1v) is 10.1. The Morgan fingerprint density at radius 2 is 1.84 bits per heavy atom. The molecule has 1 amide bonds. The first kappa shape index (κ1) is 19.7. The lowest BCUT2D eigenvalue weighted by Gasteiger charge is -2.19. The zero-order valence-electron chi connectivity index (χ0n) is 18.2. The topological polar surface area (TPSA) is 135 Å². The van der Waals surface area contributed by atoms with Gasteiger partial charge in [-0.15, -0.1) is 0 Å². The molecule has 0 saturated heterocycles. The molecule has 0 spiro atoms. The van der Waals surface area contributed by atoms with Gasteiger partial charge in [0.2, 0.25) is 5.91 Å². The number of amides is 1. The first-order valence-electron chi connectivity index (χ1n) is 10.1. The summed E-state index contributed by atoms with van der Waals surface area (Å²) < 4.78 is 5.51. The molecular formula is C22H23N9O. The Morgan fingerprint density at radius 3 is 2.50 bits per heavy atom. The zero-order chi connectivity index (χ0) is 22.8. The summed E-state index contributed by atoms with van der Waals surface area (Å²) in [6.07, 6.45) is 3.30. The maximum absolute atomic E-state index is 11.9. The van der Waals surface area contributed by atoms with E-state index in [0.717, 1.165) is 16.6 Å². The van der Waals surface area contributed by atoms with E-state index in [1.807, 2.05) is 40.7 Å². The van der Waals surface area contributed by atoms with Crippen LogP contribution in [0.15, 0.2) is 42.9 Å². The van der Waals surface area contributed by atoms with Gasteiger partial charge in [-0.05, 0) is 39.0 Å². The van der Waals surface area contributed by atoms with Crippen molar-refractivity contribution in [2.24, 2.45) is 12.8 Å². The van der Waals surface area contributed by atoms with Gasteiger partial charge >= 0.3 is 0 Å². The molecule has 4 N–H and O–H groups in total. The fourth-order valence-electron chi connectivity index (χ4n) is 3.92. The molecule has 0 radical (unpaired) electrons. The monoisotopic (exact) mass is 429 g/mol. The maximum atomic E-state index is 11.9. The quantitative estimate of drug-likeness (QED) is 0.452. The number of aryl methyl sites for hydroxylation is 1. The van der Waals surface area contributed by atoms with Gasteiger partial charge in [0.1, 0.15) is 17.8 Å². The SMILES string of the molecule is Cn1ccc(-n2c(-c3nn(C(C)(C)C)c4ncnc(N)c34)cc3ccc(C(N)=O)cc32)n1. The van der Waals surface area contributed by atoms with E-state index in [1.165, 1.54) is 6.33 Å². The molecule has 0 bridgehead atoms. The van der Waals surface area contributed by atoms with Gasteiger partial charge < -0.3 is 11.5 Å². The van der Waals surface area contributed by atoms with E-state index in [9.17, 15) is 4.79 Å². The molecule has 5 rings (SSSR count). The molecule has 5 aromatic rings. The maximum Gasteiger partial charge on any atom is 0.248 e. The standard InChI is InChI=1S/C22H23N9O/c1-22(2,3)31-21-17(19(23)25-11-26-21)18(28-31)15-9-12-5-6-13(20(24)32)10-14(12)30(15)16-7-8-29(4)27-16/h5-11H,1-4H3,(H2,24,32)(H2,23,25,26). The van der Waals surface area contributed by atoms with E-state index in [0.29, 0.717) is 33.9 Å². The lowest BCUT2D eigenvalue weighted by Crippen LogP contribution is -2.23. The number of rotatable bonds is 3. The molecule has 0 atom stereocenters. The number of primary amides is 1. The lowest BCUT2D eigenvalue weighted by molar-refractivity contribution is 0.100. The largest absolute Gasteiger partial charge is 0.383 e. The second kappa shape index (κ2) is 6.64. The number of carbonyl (C=O) groups is 1. The van der Waals surface area contributed by atoms with Crippen molar-refractivity contribution >= 4 is 33.7 Å². The summed E-state index contributed by atoms with van der Waals surface area (Å²) in [4.78, 5) is 20.5. The third-order valence-electron chi connectivity index (χ3n) is 5.39. The average Bonchev–Trinajstić information content (AvgIpc) is 3.41. The fourth-order valence-corrected chi connectivity index (χ4v) is 3.92. The highest BCUT2D eigenvalue weighted by Crippen LogP contribution is 2.37. The van der Waals surface area contributed by atoms with Gasteiger partial charge in [-0.2, -0.15) is 10.2 Å². The van der Waals surface area contributed by atoms with Crippen molar-refractivity contribution in [2.75, 3.05) is 5.73 Å². The van der Waals surface area contributed by atoms with Crippen LogP contribution in [0.3, 0.4) is 0 Å². The summed E-state index contributed by atoms with van der Waals surface area (Å²) in [5.41, 5.74) is 14.8. The smallest absolute Gasteiger partial charge is 0.248 e. The van der Waals surface area contributed by atoms with Crippen molar-refractivity contribution < 1.29 is 4.79 Å². The molecule has 10 nitrogen and oxygen atoms in total. The molecule has 0 aliphatic heterocycles. The molecular weight excluding hydrogens is 406 g/mol. The minimum absolute atomic E-state index is 0.335. The van der Waals surface area contributed by atoms with Crippen LogP contribution in [0.5, 0.6) is 0 Å². The van der Waals surface area contributed by atoms with Crippen molar-refractivity contribution in [1.82, 2.24) is 34.1 Å². The highest BCUT2D eigenvalue weighted by atomic mass is 16.1. The third kappa shape index (κ3) is 2.91. The third-order valence-corrected chi connectivity index (χ3v) is 5.39. The molecule has 4 aromatic heterocycles. The Labute approximate surface area is 183 Å². The molecule has 0 saturated carbocycles. The van der Waals surface area contributed by atoms with Crippen molar-refractivity contribution in [1.29, 1.82) is 0 Å². The molecule has 0 unspecified atom stereocenters. The molecule has 0 aliphatic carbocycles. The lowest BCUT2D eigenvalue weighted by atomic mass is 10.1. The summed E-state index contributed by atoms with van der Waals surface area (Å²) >= 11 is 0. The van der Waals surface area contributed by atoms with Gasteiger partial charge in [-0.3, -0.25) is 14.0 Å². The highest BCUT2D eigenvalue weighted by molar-refractivity contribution is 6.02. The van der Waals surface area contributed by atoms with Crippen molar-refractivity contribution in [3.63, 3.8) is 0 Å². The number of nitrogen functional groups attached to an aromatic ring is 1. The summed E-state index contributed by atoms with van der Waals surface area (Å²) in [6, 6.07) is 9.22. The minimum Gasteiger partial charge on any atom is -0.383 e. The summed E-state index contributed by atoms with van der Waals surface area (Å²) in [5.74, 6) is 0.520. The molecule has 4 heterocycles. The van der Waals surface area contributed by atoms with Gasteiger partial charge in [0.15, 0.2) is 11.5 Å². The average molecular weight is 429 g/mol. The number of aromatic nitrogens is 7. The molecule has 0 fully saturated rings. The Kier molecular flexibility index (Phi) is 4.10. The number of anilines is 1. The van der Waals surface area contributed by atoms with Crippen LogP contribution in [0.1, 0.15) is 31.1 Å². The number of nitrogens with zero attached hydrogens (tertiary/aromatic N) is 7. The van der Waals surface area contributed by atoms with Crippen molar-refractivity contribution in [3.8, 4) is 17.2 Å². The Balaban J connectivity index is 1.92. The Bertz CT molecular complexity index is 1510. The number of benzene rings is 1. The normalized spacial score (nSPS) is 12.1. The van der Waals surface area contributed by atoms with Crippen molar-refractivity contribution in [2.45, 2.75) is 26.3 Å². The van der Waals surface area contributed by atoms with Crippen molar-refractivity contribution in [3.05, 3.63) is 48.4 Å². The van der Waals surface area contributed by atoms with Gasteiger partial charge in [-0.1, -0.05) is 6.07 Å². The number of hydrogen-bond acceptors (Lipinski definition) is 6. The summed E-state index contributed by atoms with van der Waals surface area (Å²) in [6.45, 7) is 6.15. The van der Waals surface area contributed by atoms with Crippen LogP contribution in [0.4, 0.5) is 5.82 Å². The molecule has 162 valence electrons. The van der Waals surface area contributed by atoms with Gasteiger partial charge in [-0.25, -0.2) is 14.6 Å². The number of hydrogen-bond donors (Lipinski definition) is 2. The van der Waals surface area contributed by atoms with Crippen LogP contribution in [0, 0.1) is 0 Å². The highest BCUT2D eigenvalue weighted by Gasteiger charge is 2.27. The Morgan fingerprint density at radius 1 is 1.06 bits per heavy atom. The van der Waals surface area contributed by atoms with E-state index in [1.54, 1.807) is 16.8 Å². The summed E-state index contributed by atoms with van der Waals surface area (Å²) in [5, 5.41) is 11.1. The predicted molar refractivity (Wildman–Crippen MR) is 122 cm³/mol. The molecule has 10 heteroatoms. The van der Waals surface area contributed by atoms with E-state index in [4.69, 9.17) is 16.6 Å². The van der Waals surface area contributed by atoms with Gasteiger partial charge in [0, 0.05) is 30.3 Å². The van der Waals surface area contributed by atoms with Crippen LogP contribution in [-0.4, -0.2) is 40.0 Å². The fraction of sp³-hybridized carbons (Fsp3) is 0.227. The van der Waals surface area contributed by atoms with E-state index >= 15 is 0 Å². The van der Waals surface area contributed by atoms with Crippen LogP contribution in [-0.2, 0) is 12.6 Å². The van der Waals surface area contributed by atoms with Crippen LogP contribution < -0.4 is 11.5 Å². The second-order valence-corrected chi connectivity index (χ2v) is 8.74. The second-order valence-electron chi connectivity index (χ2n) is 8.74. The van der Waals surface area contributed by atoms with E-state index < -0.39 is 5.91 Å². The molecule has 0 aliphatic rings. The van der Waals surface area contributed by atoms with Crippen LogP contribution in [0.2, 0.25) is 0 Å².